The van der Waals surface area contributed by atoms with E-state index in [1.54, 1.807) is 109 Å². The van der Waals surface area contributed by atoms with E-state index in [2.05, 4.69) is 76.4 Å². The number of nitrogens with zero attached hydrogens (tertiary/aromatic N) is 12. The number of anilines is 3. The predicted molar refractivity (Wildman–Crippen MR) is 302 cm³/mol. The summed E-state index contributed by atoms with van der Waals surface area (Å²) in [7, 11) is 3.06. The van der Waals surface area contributed by atoms with E-state index in [1.165, 1.54) is 69.1 Å². The first kappa shape index (κ1) is 66.7. The van der Waals surface area contributed by atoms with E-state index in [-0.39, 0.29) is 23.1 Å². The number of carboxylic acid groups (broad SMARTS) is 1. The molecule has 0 unspecified atom stereocenters. The normalized spacial score (nSPS) is 9.06. The second-order valence-electron chi connectivity index (χ2n) is 13.0. The molecule has 0 radical (unpaired) electrons. The van der Waals surface area contributed by atoms with Gasteiger partial charge in [-0.05, 0) is 94.1 Å². The van der Waals surface area contributed by atoms with Gasteiger partial charge in [0.05, 0.1) is 30.0 Å². The molecule has 5 amide bonds. The number of amides is 5. The van der Waals surface area contributed by atoms with Crippen LogP contribution in [0.1, 0.15) is 61.5 Å². The Balaban J connectivity index is 0.000000452. The van der Waals surface area contributed by atoms with Crippen LogP contribution in [-0.4, -0.2) is 84.4 Å². The molecule has 6 aromatic heterocycles. The van der Waals surface area contributed by atoms with Gasteiger partial charge in [-0.2, -0.15) is 0 Å². The lowest BCUT2D eigenvalue weighted by Crippen LogP contribution is -2.24. The molecule has 0 bridgehead atoms. The smallest absolute Gasteiger partial charge is 0.418 e. The van der Waals surface area contributed by atoms with Crippen LogP contribution in [0.4, 0.5) is 31.8 Å². The number of carbonyl (C=O) groups excluding carboxylic acids is 5. The molecule has 6 heterocycles. The zero-order chi connectivity index (χ0) is 57.7. The Hall–Kier alpha value is -8.29. The Bertz CT molecular complexity index is 3090. The van der Waals surface area contributed by atoms with Gasteiger partial charge in [0.25, 0.3) is 11.8 Å². The first-order chi connectivity index (χ1) is 36.7. The number of nitrogens with one attached hydrogen (secondary N) is 3. The number of hydrogen-bond donors (Lipinski definition) is 6. The van der Waals surface area contributed by atoms with Crippen LogP contribution in [0.2, 0.25) is 0 Å². The molecule has 0 aliphatic rings. The average molecular weight is 1190 g/mol. The molecular weight excluding hydrogens is 1140 g/mol. The van der Waals surface area contributed by atoms with Gasteiger partial charge in [-0.15, -0.1) is 68.0 Å². The predicted octanol–water partition coefficient (Wildman–Crippen LogP) is 12.3. The number of carbonyl (C=O) groups is 6. The zero-order valence-electron chi connectivity index (χ0n) is 41.8. The van der Waals surface area contributed by atoms with E-state index in [9.17, 15) is 28.8 Å². The summed E-state index contributed by atoms with van der Waals surface area (Å²) in [4.78, 5) is 92.2. The number of nitrogens with two attached hydrogens (primary N) is 2. The third-order valence-corrected chi connectivity index (χ3v) is 12.0. The van der Waals surface area contributed by atoms with Crippen LogP contribution in [0.3, 0.4) is 0 Å². The molecule has 2 aromatic carbocycles. The number of rotatable bonds is 7. The molecule has 0 atom stereocenters. The molecule has 8 rings (SSSR count). The van der Waals surface area contributed by atoms with Gasteiger partial charge in [-0.3, -0.25) is 20.2 Å². The number of halogens is 1. The Morgan fingerprint density at radius 2 is 0.922 bits per heavy atom. The van der Waals surface area contributed by atoms with Crippen molar-refractivity contribution in [3.63, 3.8) is 0 Å². The lowest BCUT2D eigenvalue weighted by molar-refractivity contribution is 0.0690. The van der Waals surface area contributed by atoms with Gasteiger partial charge in [0.2, 0.25) is 0 Å². The zero-order valence-corrected chi connectivity index (χ0v) is 47.5. The van der Waals surface area contributed by atoms with Crippen molar-refractivity contribution in [2.45, 2.75) is 41.5 Å². The first-order valence-corrected chi connectivity index (χ1v) is 26.6. The Labute approximate surface area is 468 Å². The number of aromatic nitrogens is 6. The lowest BCUT2D eigenvalue weighted by atomic mass is 10.3. The van der Waals surface area contributed by atoms with Gasteiger partial charge in [-0.25, -0.2) is 49.1 Å². The van der Waals surface area contributed by atoms with Crippen LogP contribution in [-0.2, 0) is 0 Å². The number of benzene rings is 2. The van der Waals surface area contributed by atoms with Crippen molar-refractivity contribution in [1.29, 1.82) is 0 Å². The van der Waals surface area contributed by atoms with E-state index in [4.69, 9.17) is 38.2 Å². The van der Waals surface area contributed by atoms with Gasteiger partial charge in [0.1, 0.15) is 40.3 Å². The number of azide groups is 2. The minimum atomic E-state index is -0.959. The molecule has 26 nitrogen and oxygen atoms in total. The number of para-hydroxylation sites is 2. The molecule has 77 heavy (non-hydrogen) atoms. The number of thiazole rings is 6. The highest BCUT2D eigenvalue weighted by molar-refractivity contribution is 7.11. The van der Waals surface area contributed by atoms with E-state index in [1.807, 2.05) is 38.3 Å². The fourth-order valence-corrected chi connectivity index (χ4v) is 7.72. The van der Waals surface area contributed by atoms with E-state index in [0.29, 0.717) is 29.0 Å². The standard InChI is InChI=1S/C11H10N2O2S.C7H5ClO2.C6H9N3OS.2C5H4N4OS.C5H5NO2S.C4H6N2S.CH5N/c1-8-12-10(7-16-8)13-11(14)15-9-5-3-2-4-6-9;8-7(9)10-6-4-2-1-3-5-6;1-4-8-5(3-11-4)9-6(10)7-2;2*1-3-7-4(2-11-3)5(10)8-9-6;1-3-6-4(2-9-3)5(7)8;1-3-6-4(5)2-7-3;1-2/h2-7H,1H3,(H,13,14);1-5H;3H,1-2H3,(H2,7,9,10);2*2H,1H3;2H,1H3,(H,7,8);2H,5H2,1H3;2H2,1H3. The largest absolute Gasteiger partial charge is 0.476 e. The van der Waals surface area contributed by atoms with E-state index in [0.717, 1.165) is 30.0 Å². The lowest BCUT2D eigenvalue weighted by Gasteiger charge is -2.03. The molecule has 8 N–H and O–H groups in total. The summed E-state index contributed by atoms with van der Waals surface area (Å²) in [6.45, 7) is 11.0. The Kier molecular flexibility index (Phi) is 33.2. The molecule has 0 aliphatic heterocycles. The summed E-state index contributed by atoms with van der Waals surface area (Å²) >= 11 is 13.5. The molecule has 0 aliphatic carbocycles. The minimum Gasteiger partial charge on any atom is -0.476 e. The topological polar surface area (TPSA) is 404 Å². The quantitative estimate of drug-likeness (QED) is 0.0373. The van der Waals surface area contributed by atoms with Gasteiger partial charge in [0.15, 0.2) is 5.69 Å². The average Bonchev–Trinajstić information content (AvgIpc) is 4.29. The van der Waals surface area contributed by atoms with Crippen molar-refractivity contribution in [3.05, 3.63) is 161 Å². The van der Waals surface area contributed by atoms with Gasteiger partial charge >= 0.3 is 23.5 Å². The maximum atomic E-state index is 11.4. The third kappa shape index (κ3) is 30.6. The number of carboxylic acids is 1. The number of urea groups is 1. The number of aryl methyl sites for hydroxylation is 6. The van der Waals surface area contributed by atoms with Crippen LogP contribution in [0, 0.1) is 41.5 Å². The molecule has 0 saturated heterocycles. The Morgan fingerprint density at radius 1 is 0.558 bits per heavy atom. The van der Waals surface area contributed by atoms with Crippen molar-refractivity contribution >= 4 is 132 Å². The second-order valence-corrected chi connectivity index (χ2v) is 19.7. The maximum absolute atomic E-state index is 11.4. The maximum Gasteiger partial charge on any atom is 0.418 e. The van der Waals surface area contributed by atoms with E-state index >= 15 is 0 Å². The van der Waals surface area contributed by atoms with Crippen molar-refractivity contribution in [1.82, 2.24) is 35.2 Å². The van der Waals surface area contributed by atoms with Crippen LogP contribution >= 0.6 is 79.6 Å². The molecule has 33 heteroatoms. The van der Waals surface area contributed by atoms with Crippen LogP contribution in [0.15, 0.2) is 103 Å². The Morgan fingerprint density at radius 3 is 1.21 bits per heavy atom. The van der Waals surface area contributed by atoms with Crippen molar-refractivity contribution < 1.29 is 43.3 Å². The summed E-state index contributed by atoms with van der Waals surface area (Å²) in [5.74, 6) is 0.500. The summed E-state index contributed by atoms with van der Waals surface area (Å²) in [6.07, 6.45) is -0.531. The van der Waals surface area contributed by atoms with Gasteiger partial charge in [0, 0.05) is 60.8 Å². The summed E-state index contributed by atoms with van der Waals surface area (Å²) in [6, 6.07) is 17.3. The molecule has 0 saturated carbocycles. The number of aromatic carboxylic acids is 1. The SMILES string of the molecule is CN.CNC(=O)Nc1csc(C)n1.Cc1nc(C(=O)N=[N+]=[N-])cs1.Cc1nc(C(=O)N=[N+]=[N-])cs1.Cc1nc(C(=O)O)cs1.Cc1nc(N)cs1.Cc1nc(NC(=O)Oc2ccccc2)cs1.O=C(Cl)Oc1ccccc1. The van der Waals surface area contributed by atoms with Crippen LogP contribution in [0.5, 0.6) is 11.5 Å². The van der Waals surface area contributed by atoms with Crippen molar-refractivity contribution in [2.75, 3.05) is 30.5 Å². The fourth-order valence-electron chi connectivity index (χ4n) is 4.28. The fraction of sp³-hybridized carbons (Fsp3) is 0.182. The molecule has 8 aromatic rings. The van der Waals surface area contributed by atoms with Crippen molar-refractivity contribution in [2.24, 2.45) is 16.0 Å². The molecular formula is C44H48ClN17O9S6. The summed E-state index contributed by atoms with van der Waals surface area (Å²) in [5.41, 5.74) is 25.4. The number of ether oxygens (including phenoxy) is 2. The highest BCUT2D eigenvalue weighted by Crippen LogP contribution is 2.16. The molecule has 406 valence electrons. The van der Waals surface area contributed by atoms with Gasteiger partial charge in [-0.1, -0.05) is 36.4 Å². The molecule has 0 spiro atoms. The van der Waals surface area contributed by atoms with Crippen molar-refractivity contribution in [3.8, 4) is 11.5 Å². The monoisotopic (exact) mass is 1190 g/mol. The third-order valence-electron chi connectivity index (χ3n) is 7.25. The first-order valence-electron chi connectivity index (χ1n) is 20.9. The highest BCUT2D eigenvalue weighted by atomic mass is 35.5. The number of nitrogen functional groups attached to an aromatic ring is 1. The summed E-state index contributed by atoms with van der Waals surface area (Å²) < 4.78 is 9.58. The van der Waals surface area contributed by atoms with Crippen LogP contribution in [0.25, 0.3) is 20.9 Å². The van der Waals surface area contributed by atoms with Gasteiger partial charge < -0.3 is 31.4 Å². The number of hydrogen-bond acceptors (Lipinski definition) is 22. The van der Waals surface area contributed by atoms with Crippen LogP contribution < -0.4 is 36.9 Å². The molecule has 0 fully saturated rings. The minimum absolute atomic E-state index is 0.137. The van der Waals surface area contributed by atoms with E-state index < -0.39 is 29.3 Å². The second kappa shape index (κ2) is 38.3. The highest BCUT2D eigenvalue weighted by Gasteiger charge is 2.09. The summed E-state index contributed by atoms with van der Waals surface area (Å²) in [5, 5.41) is 36.9.